The highest BCUT2D eigenvalue weighted by Crippen LogP contribution is 2.24. The van der Waals surface area contributed by atoms with Crippen molar-refractivity contribution in [3.63, 3.8) is 0 Å². The molecule has 0 bridgehead atoms. The fraction of sp³-hybridized carbons (Fsp3) is 0.316. The number of hydrogen-bond acceptors (Lipinski definition) is 5. The molecule has 134 valence electrons. The molecule has 4 heterocycles. The van der Waals surface area contributed by atoms with Gasteiger partial charge in [0.2, 0.25) is 5.88 Å². The summed E-state index contributed by atoms with van der Waals surface area (Å²) in [6, 6.07) is 11.6. The number of nitrogens with one attached hydrogen (secondary N) is 1. The van der Waals surface area contributed by atoms with Gasteiger partial charge >= 0.3 is 0 Å². The third kappa shape index (κ3) is 3.62. The van der Waals surface area contributed by atoms with E-state index in [9.17, 15) is 4.79 Å². The van der Waals surface area contributed by atoms with Crippen LogP contribution in [0.5, 0.6) is 5.88 Å². The number of nitrogens with zero attached hydrogens (tertiary/aromatic N) is 3. The lowest BCUT2D eigenvalue weighted by atomic mass is 10.1. The smallest absolute Gasteiger partial charge is 0.274 e. The normalized spacial score (nSPS) is 15.2. The Morgan fingerprint density at radius 2 is 2.12 bits per heavy atom. The third-order valence-electron chi connectivity index (χ3n) is 4.46. The molecule has 1 fully saturated rings. The van der Waals surface area contributed by atoms with Crippen LogP contribution in [0.4, 0.5) is 0 Å². The van der Waals surface area contributed by atoms with E-state index in [2.05, 4.69) is 15.2 Å². The van der Waals surface area contributed by atoms with Gasteiger partial charge in [-0.25, -0.2) is 4.98 Å². The summed E-state index contributed by atoms with van der Waals surface area (Å²) < 4.78 is 5.95. The molecular formula is C19H20N4O2S. The number of amides is 1. The van der Waals surface area contributed by atoms with E-state index in [1.807, 2.05) is 53.6 Å². The Morgan fingerprint density at radius 1 is 1.27 bits per heavy atom. The number of hydrogen-bond donors (Lipinski definition) is 1. The van der Waals surface area contributed by atoms with Crippen molar-refractivity contribution in [2.45, 2.75) is 25.9 Å². The summed E-state index contributed by atoms with van der Waals surface area (Å²) >= 11 is 1.62. The highest BCUT2D eigenvalue weighted by Gasteiger charge is 2.26. The van der Waals surface area contributed by atoms with Gasteiger partial charge in [0.05, 0.1) is 10.6 Å². The second-order valence-electron chi connectivity index (χ2n) is 6.37. The van der Waals surface area contributed by atoms with Crippen molar-refractivity contribution in [2.75, 3.05) is 13.1 Å². The number of ether oxygens (including phenoxy) is 1. The largest absolute Gasteiger partial charge is 0.474 e. The maximum atomic E-state index is 12.7. The van der Waals surface area contributed by atoms with Crippen LogP contribution in [0.1, 0.15) is 29.0 Å². The third-order valence-corrected chi connectivity index (χ3v) is 5.37. The van der Waals surface area contributed by atoms with Crippen molar-refractivity contribution >= 4 is 17.2 Å². The maximum absolute atomic E-state index is 12.7. The SMILES string of the molecule is Cc1cccc(OC2CCN(C(=O)c3cc(-c4cccs4)[nH]n3)CC2)n1. The van der Waals surface area contributed by atoms with Crippen LogP contribution < -0.4 is 4.74 Å². The van der Waals surface area contributed by atoms with Gasteiger partial charge in [0.25, 0.3) is 5.91 Å². The fourth-order valence-electron chi connectivity index (χ4n) is 3.08. The summed E-state index contributed by atoms with van der Waals surface area (Å²) in [6.07, 6.45) is 1.68. The highest BCUT2D eigenvalue weighted by atomic mass is 32.1. The number of likely N-dealkylation sites (tertiary alicyclic amines) is 1. The molecule has 3 aromatic heterocycles. The second-order valence-corrected chi connectivity index (χ2v) is 7.32. The van der Waals surface area contributed by atoms with Crippen LogP contribution >= 0.6 is 11.3 Å². The lowest BCUT2D eigenvalue weighted by molar-refractivity contribution is 0.0582. The van der Waals surface area contributed by atoms with Crippen molar-refractivity contribution in [3.8, 4) is 16.5 Å². The molecular weight excluding hydrogens is 348 g/mol. The summed E-state index contributed by atoms with van der Waals surface area (Å²) in [7, 11) is 0. The summed E-state index contributed by atoms with van der Waals surface area (Å²) in [6.45, 7) is 3.27. The molecule has 1 aliphatic heterocycles. The van der Waals surface area contributed by atoms with E-state index in [1.165, 1.54) is 0 Å². The highest BCUT2D eigenvalue weighted by molar-refractivity contribution is 7.13. The zero-order chi connectivity index (χ0) is 17.9. The summed E-state index contributed by atoms with van der Waals surface area (Å²) in [5, 5.41) is 9.15. The maximum Gasteiger partial charge on any atom is 0.274 e. The molecule has 6 nitrogen and oxygen atoms in total. The second kappa shape index (κ2) is 7.29. The zero-order valence-electron chi connectivity index (χ0n) is 14.5. The number of rotatable bonds is 4. The van der Waals surface area contributed by atoms with E-state index in [0.29, 0.717) is 24.7 Å². The Morgan fingerprint density at radius 3 is 2.85 bits per heavy atom. The van der Waals surface area contributed by atoms with E-state index in [4.69, 9.17) is 4.74 Å². The molecule has 0 saturated carbocycles. The van der Waals surface area contributed by atoms with Gasteiger partial charge in [0, 0.05) is 37.7 Å². The van der Waals surface area contributed by atoms with Crippen LogP contribution in [0.25, 0.3) is 10.6 Å². The molecule has 1 amide bonds. The minimum atomic E-state index is -0.0313. The molecule has 3 aromatic rings. The molecule has 0 spiro atoms. The van der Waals surface area contributed by atoms with Crippen LogP contribution in [0.15, 0.2) is 41.8 Å². The number of aromatic nitrogens is 3. The molecule has 4 rings (SSSR count). The van der Waals surface area contributed by atoms with Crippen molar-refractivity contribution in [1.29, 1.82) is 0 Å². The van der Waals surface area contributed by atoms with Gasteiger partial charge in [-0.3, -0.25) is 9.89 Å². The molecule has 0 unspecified atom stereocenters. The average Bonchev–Trinajstić information content (AvgIpc) is 3.33. The van der Waals surface area contributed by atoms with E-state index in [0.717, 1.165) is 29.1 Å². The first-order valence-corrected chi connectivity index (χ1v) is 9.56. The van der Waals surface area contributed by atoms with Crippen LogP contribution in [0.3, 0.4) is 0 Å². The molecule has 7 heteroatoms. The van der Waals surface area contributed by atoms with Crippen LogP contribution in [-0.2, 0) is 0 Å². The Balaban J connectivity index is 1.35. The molecule has 0 radical (unpaired) electrons. The average molecular weight is 368 g/mol. The van der Waals surface area contributed by atoms with E-state index < -0.39 is 0 Å². The quantitative estimate of drug-likeness (QED) is 0.765. The Bertz CT molecular complexity index is 883. The monoisotopic (exact) mass is 368 g/mol. The number of aromatic amines is 1. The van der Waals surface area contributed by atoms with Crippen LogP contribution in [-0.4, -0.2) is 45.2 Å². The predicted molar refractivity (Wildman–Crippen MR) is 100 cm³/mol. The Hall–Kier alpha value is -2.67. The van der Waals surface area contributed by atoms with Crippen molar-refractivity contribution in [3.05, 3.63) is 53.2 Å². The predicted octanol–water partition coefficient (Wildman–Crippen LogP) is 3.53. The number of aryl methyl sites for hydroxylation is 1. The minimum Gasteiger partial charge on any atom is -0.474 e. The standard InChI is InChI=1S/C19H20N4O2S/c1-13-4-2-6-18(20-13)25-14-7-9-23(10-8-14)19(24)16-12-15(21-22-16)17-5-3-11-26-17/h2-6,11-12,14H,7-10H2,1H3,(H,21,22). The first-order chi connectivity index (χ1) is 12.7. The molecule has 1 aliphatic rings. The topological polar surface area (TPSA) is 71.1 Å². The van der Waals surface area contributed by atoms with Gasteiger partial charge in [0.1, 0.15) is 6.10 Å². The Kier molecular flexibility index (Phi) is 4.71. The number of thiophene rings is 1. The van der Waals surface area contributed by atoms with E-state index >= 15 is 0 Å². The van der Waals surface area contributed by atoms with Crippen LogP contribution in [0.2, 0.25) is 0 Å². The number of carbonyl (C=O) groups excluding carboxylic acids is 1. The minimum absolute atomic E-state index is 0.0313. The first-order valence-electron chi connectivity index (χ1n) is 8.68. The van der Waals surface area contributed by atoms with Crippen molar-refractivity contribution in [2.24, 2.45) is 0 Å². The Labute approximate surface area is 155 Å². The van der Waals surface area contributed by atoms with Crippen LogP contribution in [0, 0.1) is 6.92 Å². The van der Waals surface area contributed by atoms with Gasteiger partial charge in [-0.05, 0) is 30.5 Å². The number of piperidine rings is 1. The molecule has 0 aromatic carbocycles. The van der Waals surface area contributed by atoms with Gasteiger partial charge in [0.15, 0.2) is 5.69 Å². The van der Waals surface area contributed by atoms with Gasteiger partial charge < -0.3 is 9.64 Å². The summed E-state index contributed by atoms with van der Waals surface area (Å²) in [5.41, 5.74) is 2.29. The summed E-state index contributed by atoms with van der Waals surface area (Å²) in [4.78, 5) is 20.0. The van der Waals surface area contributed by atoms with Crippen molar-refractivity contribution in [1.82, 2.24) is 20.1 Å². The van der Waals surface area contributed by atoms with E-state index in [-0.39, 0.29) is 12.0 Å². The van der Waals surface area contributed by atoms with Gasteiger partial charge in [-0.2, -0.15) is 5.10 Å². The molecule has 1 saturated heterocycles. The molecule has 1 N–H and O–H groups in total. The molecule has 26 heavy (non-hydrogen) atoms. The number of H-pyrrole nitrogens is 1. The molecule has 0 aliphatic carbocycles. The molecule has 0 atom stereocenters. The van der Waals surface area contributed by atoms with Crippen molar-refractivity contribution < 1.29 is 9.53 Å². The van der Waals surface area contributed by atoms with E-state index in [1.54, 1.807) is 11.3 Å². The fourth-order valence-corrected chi connectivity index (χ4v) is 3.77. The lowest BCUT2D eigenvalue weighted by Gasteiger charge is -2.31. The van der Waals surface area contributed by atoms with Gasteiger partial charge in [-0.1, -0.05) is 12.1 Å². The van der Waals surface area contributed by atoms with Gasteiger partial charge in [-0.15, -0.1) is 11.3 Å². The number of pyridine rings is 1. The lowest BCUT2D eigenvalue weighted by Crippen LogP contribution is -2.42. The first kappa shape index (κ1) is 16.8. The summed E-state index contributed by atoms with van der Waals surface area (Å²) in [5.74, 6) is 0.624. The zero-order valence-corrected chi connectivity index (χ0v) is 15.3. The number of carbonyl (C=O) groups is 1.